The topological polar surface area (TPSA) is 0 Å². The summed E-state index contributed by atoms with van der Waals surface area (Å²) in [6.07, 6.45) is 7.99. The minimum Gasteiger partial charge on any atom is -0.0833 e. The Labute approximate surface area is 309 Å². The van der Waals surface area contributed by atoms with Crippen molar-refractivity contribution in [3.8, 4) is 11.1 Å². The summed E-state index contributed by atoms with van der Waals surface area (Å²) in [4.78, 5) is 0. The Morgan fingerprint density at radius 3 is 1.70 bits per heavy atom. The van der Waals surface area contributed by atoms with Crippen molar-refractivity contribution in [3.05, 3.63) is 215 Å². The lowest BCUT2D eigenvalue weighted by Gasteiger charge is -2.41. The van der Waals surface area contributed by atoms with Crippen molar-refractivity contribution in [2.24, 2.45) is 5.41 Å². The van der Waals surface area contributed by atoms with Crippen LogP contribution in [0.1, 0.15) is 24.5 Å². The molecule has 0 saturated carbocycles. The zero-order chi connectivity index (χ0) is 35.1. The molecular formula is C53H36. The molecule has 0 bridgehead atoms. The highest BCUT2D eigenvalue weighted by Gasteiger charge is 2.40. The van der Waals surface area contributed by atoms with E-state index >= 15 is 0 Å². The van der Waals surface area contributed by atoms with Gasteiger partial charge in [0.05, 0.1) is 0 Å². The van der Waals surface area contributed by atoms with E-state index in [2.05, 4.69) is 195 Å². The molecule has 0 heterocycles. The van der Waals surface area contributed by atoms with Crippen molar-refractivity contribution in [1.29, 1.82) is 0 Å². The van der Waals surface area contributed by atoms with Gasteiger partial charge in [-0.05, 0) is 122 Å². The predicted molar refractivity (Wildman–Crippen MR) is 227 cm³/mol. The van der Waals surface area contributed by atoms with Crippen LogP contribution in [-0.4, -0.2) is 0 Å². The standard InChI is InChI=1S/C53H36/c1-53-31-15-14-28-48(53)51(45-26-12-13-27-46(45)52(53)37-30-29-34-16-2-3-17-35(34)32-37)50-43-24-10-8-22-41(43)49(42-23-9-11-25-44(42)50)47-33-36-18-4-5-19-38(36)39-20-6-7-21-40(39)47/h2-30,32-33H,31H2,1H3. The average Bonchev–Trinajstić information content (AvgIpc) is 3.21. The highest BCUT2D eigenvalue weighted by Crippen LogP contribution is 2.53. The summed E-state index contributed by atoms with van der Waals surface area (Å²) < 4.78 is 0. The van der Waals surface area contributed by atoms with Gasteiger partial charge in [-0.3, -0.25) is 0 Å². The van der Waals surface area contributed by atoms with E-state index < -0.39 is 0 Å². The predicted octanol–water partition coefficient (Wildman–Crippen LogP) is 12.4. The van der Waals surface area contributed by atoms with E-state index in [0.717, 1.165) is 6.42 Å². The fourth-order valence-corrected chi connectivity index (χ4v) is 9.76. The molecule has 0 amide bonds. The van der Waals surface area contributed by atoms with Gasteiger partial charge in [-0.1, -0.05) is 183 Å². The number of fused-ring (bicyclic) bond motifs is 8. The maximum absolute atomic E-state index is 2.47. The zero-order valence-electron chi connectivity index (χ0n) is 29.6. The van der Waals surface area contributed by atoms with Gasteiger partial charge in [-0.25, -0.2) is 0 Å². The monoisotopic (exact) mass is 672 g/mol. The Balaban J connectivity index is 1.32. The highest BCUT2D eigenvalue weighted by atomic mass is 14.4. The number of rotatable bonds is 3. The lowest BCUT2D eigenvalue weighted by atomic mass is 9.62. The molecule has 0 fully saturated rings. The van der Waals surface area contributed by atoms with Gasteiger partial charge in [0.1, 0.15) is 0 Å². The van der Waals surface area contributed by atoms with E-state index in [1.54, 1.807) is 0 Å². The minimum atomic E-state index is -0.226. The van der Waals surface area contributed by atoms with Crippen molar-refractivity contribution in [2.75, 3.05) is 0 Å². The number of hydrogen-bond donors (Lipinski definition) is 0. The fourth-order valence-electron chi connectivity index (χ4n) is 9.76. The van der Waals surface area contributed by atoms with Crippen LogP contribution in [0.3, 0.4) is 0 Å². The van der Waals surface area contributed by atoms with Crippen molar-refractivity contribution < 1.29 is 0 Å². The molecule has 0 nitrogen and oxygen atoms in total. The third-order valence-corrected chi connectivity index (χ3v) is 12.1. The van der Waals surface area contributed by atoms with E-state index in [-0.39, 0.29) is 5.41 Å². The number of allylic oxidation sites excluding steroid dienone is 4. The van der Waals surface area contributed by atoms with Crippen molar-refractivity contribution >= 4 is 65.0 Å². The Hall–Kier alpha value is -6.50. The molecule has 0 radical (unpaired) electrons. The molecule has 2 aliphatic carbocycles. The van der Waals surface area contributed by atoms with Crippen LogP contribution in [0.25, 0.3) is 76.1 Å². The zero-order valence-corrected chi connectivity index (χ0v) is 29.6. The molecule has 9 aromatic rings. The van der Waals surface area contributed by atoms with E-state index in [0.29, 0.717) is 0 Å². The summed E-state index contributed by atoms with van der Waals surface area (Å²) in [5.41, 5.74) is 9.12. The molecule has 0 heteroatoms. The van der Waals surface area contributed by atoms with Gasteiger partial charge in [-0.15, -0.1) is 0 Å². The third kappa shape index (κ3) is 4.36. The van der Waals surface area contributed by atoms with Crippen LogP contribution < -0.4 is 10.4 Å². The van der Waals surface area contributed by atoms with Crippen LogP contribution in [0.2, 0.25) is 0 Å². The summed E-state index contributed by atoms with van der Waals surface area (Å²) in [7, 11) is 0. The van der Waals surface area contributed by atoms with Gasteiger partial charge >= 0.3 is 0 Å². The Bertz CT molecular complexity index is 3150. The summed E-state index contributed by atoms with van der Waals surface area (Å²) in [6.45, 7) is 2.47. The SMILES string of the molecule is CC12CC=CC=C1C(c1c3ccccc3c(-c3cc4ccccc4c4ccccc34)c3ccccc13)=c1ccccc1=C2c1ccc2ccccc2c1. The van der Waals surface area contributed by atoms with Gasteiger partial charge in [0.15, 0.2) is 0 Å². The van der Waals surface area contributed by atoms with Gasteiger partial charge in [0.2, 0.25) is 0 Å². The summed E-state index contributed by atoms with van der Waals surface area (Å²) in [6, 6.07) is 63.4. The van der Waals surface area contributed by atoms with E-state index in [1.165, 1.54) is 103 Å². The Kier molecular flexibility index (Phi) is 6.55. The first kappa shape index (κ1) is 30.2. The van der Waals surface area contributed by atoms with Gasteiger partial charge in [0, 0.05) is 5.41 Å². The molecule has 0 aromatic heterocycles. The minimum absolute atomic E-state index is 0.226. The van der Waals surface area contributed by atoms with Crippen molar-refractivity contribution in [1.82, 2.24) is 0 Å². The molecule has 9 aromatic carbocycles. The van der Waals surface area contributed by atoms with E-state index in [4.69, 9.17) is 0 Å². The molecule has 0 saturated heterocycles. The smallest absolute Gasteiger partial charge is 0.0227 e. The normalized spacial score (nSPS) is 16.7. The van der Waals surface area contributed by atoms with Crippen LogP contribution >= 0.6 is 0 Å². The molecule has 248 valence electrons. The van der Waals surface area contributed by atoms with Crippen LogP contribution in [0.5, 0.6) is 0 Å². The molecule has 2 aliphatic rings. The van der Waals surface area contributed by atoms with E-state index in [9.17, 15) is 0 Å². The van der Waals surface area contributed by atoms with Crippen molar-refractivity contribution in [2.45, 2.75) is 13.3 Å². The molecule has 1 unspecified atom stereocenters. The highest BCUT2D eigenvalue weighted by molar-refractivity contribution is 6.25. The van der Waals surface area contributed by atoms with Crippen LogP contribution in [0.15, 0.2) is 194 Å². The third-order valence-electron chi connectivity index (χ3n) is 12.1. The second-order valence-corrected chi connectivity index (χ2v) is 14.9. The maximum Gasteiger partial charge on any atom is 0.0227 e. The molecule has 0 spiro atoms. The molecular weight excluding hydrogens is 637 g/mol. The largest absolute Gasteiger partial charge is 0.0833 e. The van der Waals surface area contributed by atoms with Crippen LogP contribution in [0, 0.1) is 5.41 Å². The lowest BCUT2D eigenvalue weighted by Crippen LogP contribution is -2.42. The maximum atomic E-state index is 2.47. The Morgan fingerprint density at radius 2 is 0.981 bits per heavy atom. The number of hydrogen-bond acceptors (Lipinski definition) is 0. The van der Waals surface area contributed by atoms with Crippen molar-refractivity contribution in [3.63, 3.8) is 0 Å². The first-order valence-electron chi connectivity index (χ1n) is 18.7. The molecule has 0 aliphatic heterocycles. The Morgan fingerprint density at radius 1 is 0.434 bits per heavy atom. The van der Waals surface area contributed by atoms with Gasteiger partial charge in [0.25, 0.3) is 0 Å². The average molecular weight is 673 g/mol. The second-order valence-electron chi connectivity index (χ2n) is 14.9. The molecule has 11 rings (SSSR count). The molecule has 53 heavy (non-hydrogen) atoms. The summed E-state index contributed by atoms with van der Waals surface area (Å²) in [5.74, 6) is 0. The quantitative estimate of drug-likeness (QED) is 0.129. The van der Waals surface area contributed by atoms with Crippen LogP contribution in [-0.2, 0) is 0 Å². The molecule has 1 atom stereocenters. The van der Waals surface area contributed by atoms with Gasteiger partial charge in [-0.2, -0.15) is 0 Å². The van der Waals surface area contributed by atoms with Crippen LogP contribution in [0.4, 0.5) is 0 Å². The van der Waals surface area contributed by atoms with Gasteiger partial charge < -0.3 is 0 Å². The van der Waals surface area contributed by atoms with E-state index in [1.807, 2.05) is 0 Å². The lowest BCUT2D eigenvalue weighted by molar-refractivity contribution is 0.548. The molecule has 0 N–H and O–H groups in total. The summed E-state index contributed by atoms with van der Waals surface area (Å²) >= 11 is 0. The number of benzene rings is 9. The first-order valence-corrected chi connectivity index (χ1v) is 18.7. The fraction of sp³-hybridized carbons (Fsp3) is 0.0566. The second kappa shape index (κ2) is 11.5. The summed E-state index contributed by atoms with van der Waals surface area (Å²) in [5, 5.41) is 15.4. The first-order chi connectivity index (χ1) is 26.2.